The Morgan fingerprint density at radius 3 is 2.07 bits per heavy atom. The summed E-state index contributed by atoms with van der Waals surface area (Å²) in [7, 11) is 0. The number of fused-ring (bicyclic) bond motifs is 2. The molecule has 0 bridgehead atoms. The van der Waals surface area contributed by atoms with Gasteiger partial charge in [0.25, 0.3) is 0 Å². The first-order valence-electron chi connectivity index (χ1n) is 21.0. The molecule has 0 spiro atoms. The molecule has 6 aromatic rings. The summed E-state index contributed by atoms with van der Waals surface area (Å²) >= 11 is 0. The maximum Gasteiger partial charge on any atom is 0.410 e. The lowest BCUT2D eigenvalue weighted by molar-refractivity contribution is -0.0545. The van der Waals surface area contributed by atoms with Crippen LogP contribution >= 0.6 is 0 Å². The quantitative estimate of drug-likeness (QED) is 0.117. The zero-order chi connectivity index (χ0) is 42.2. The molecule has 60 heavy (non-hydrogen) atoms. The van der Waals surface area contributed by atoms with Crippen molar-refractivity contribution in [1.29, 1.82) is 0 Å². The predicted molar refractivity (Wildman–Crippen MR) is 231 cm³/mol. The third-order valence-electron chi connectivity index (χ3n) is 11.4. The summed E-state index contributed by atoms with van der Waals surface area (Å²) in [4.78, 5) is 46.8. The van der Waals surface area contributed by atoms with E-state index in [1.807, 2.05) is 114 Å². The number of hydrogen-bond donors (Lipinski definition) is 3. The molecule has 0 radical (unpaired) electrons. The number of rotatable bonds is 11. The Hall–Kier alpha value is -5.72. The van der Waals surface area contributed by atoms with Gasteiger partial charge in [-0.15, -0.1) is 0 Å². The monoisotopic (exact) mass is 812 g/mol. The number of H-pyrrole nitrogens is 2. The van der Waals surface area contributed by atoms with E-state index >= 15 is 0 Å². The fourth-order valence-corrected chi connectivity index (χ4v) is 8.93. The van der Waals surface area contributed by atoms with Gasteiger partial charge in [-0.05, 0) is 101 Å². The van der Waals surface area contributed by atoms with E-state index in [9.17, 15) is 14.7 Å². The molecule has 0 saturated carbocycles. The first-order chi connectivity index (χ1) is 28.6. The van der Waals surface area contributed by atoms with E-state index in [0.717, 1.165) is 57.2 Å². The first kappa shape index (κ1) is 41.0. The molecule has 3 N–H and O–H groups in total. The summed E-state index contributed by atoms with van der Waals surface area (Å²) in [5, 5.41) is 10.6. The van der Waals surface area contributed by atoms with Crippen molar-refractivity contribution in [3.05, 3.63) is 131 Å². The summed E-state index contributed by atoms with van der Waals surface area (Å²) in [6.45, 7) is 12.9. The molecule has 4 aromatic carbocycles. The molecule has 2 aromatic heterocycles. The van der Waals surface area contributed by atoms with Crippen LogP contribution in [0.15, 0.2) is 97.1 Å². The van der Waals surface area contributed by atoms with Gasteiger partial charge in [0.1, 0.15) is 23.8 Å². The third-order valence-corrected chi connectivity index (χ3v) is 11.4. The molecule has 4 atom stereocenters. The van der Waals surface area contributed by atoms with Gasteiger partial charge in [0.2, 0.25) is 0 Å². The van der Waals surface area contributed by atoms with Gasteiger partial charge < -0.3 is 29.3 Å². The number of aromatic nitrogens is 4. The third kappa shape index (κ3) is 9.19. The van der Waals surface area contributed by atoms with E-state index < -0.39 is 23.3 Å². The van der Waals surface area contributed by atoms with E-state index in [-0.39, 0.29) is 37.0 Å². The Morgan fingerprint density at radius 2 is 1.38 bits per heavy atom. The van der Waals surface area contributed by atoms with E-state index in [1.54, 1.807) is 4.90 Å². The number of carbonyl (C=O) groups excluding carboxylic acids is 1. The molecule has 2 fully saturated rings. The Balaban J connectivity index is 1.00. The minimum atomic E-state index is -0.992. The Morgan fingerprint density at radius 1 is 0.733 bits per heavy atom. The summed E-state index contributed by atoms with van der Waals surface area (Å²) in [6.07, 6.45) is 1.30. The number of benzene rings is 4. The molecular formula is C48H56N6O6. The number of amides is 2. The van der Waals surface area contributed by atoms with Crippen molar-refractivity contribution in [2.75, 3.05) is 13.1 Å². The van der Waals surface area contributed by atoms with E-state index in [0.29, 0.717) is 37.5 Å². The van der Waals surface area contributed by atoms with Crippen LogP contribution in [0.25, 0.3) is 22.1 Å². The summed E-state index contributed by atoms with van der Waals surface area (Å²) < 4.78 is 18.5. The maximum absolute atomic E-state index is 13.5. The van der Waals surface area contributed by atoms with Gasteiger partial charge in [-0.2, -0.15) is 0 Å². The number of nitrogens with zero attached hydrogens (tertiary/aromatic N) is 4. The van der Waals surface area contributed by atoms with Crippen molar-refractivity contribution in [1.82, 2.24) is 29.7 Å². The Labute approximate surface area is 351 Å². The van der Waals surface area contributed by atoms with Crippen LogP contribution in [0.4, 0.5) is 9.59 Å². The fourth-order valence-electron chi connectivity index (χ4n) is 8.93. The van der Waals surface area contributed by atoms with Crippen molar-refractivity contribution in [3.63, 3.8) is 0 Å². The number of nitrogens with one attached hydrogen (secondary N) is 2. The SMILES string of the molecule is CC(C)(C)O[C@@H]1C[C@@H](c2nc3ccc(CCc4ccc5[nH]c([C@]6(Cc7ccccc7)C[C@@H](OC(C)(C)C)CN6C(=O)O)nc5c4)cc3[nH]2)N(C(=O)OCc2ccccc2)C1. The molecule has 2 aliphatic heterocycles. The molecule has 4 heterocycles. The minimum absolute atomic E-state index is 0.158. The largest absolute Gasteiger partial charge is 0.465 e. The molecule has 0 aliphatic carbocycles. The van der Waals surface area contributed by atoms with Gasteiger partial charge >= 0.3 is 12.2 Å². The van der Waals surface area contributed by atoms with Gasteiger partial charge in [0, 0.05) is 19.3 Å². The normalized spacial score (nSPS) is 21.0. The predicted octanol–water partition coefficient (Wildman–Crippen LogP) is 9.50. The molecule has 2 aliphatic rings. The highest BCUT2D eigenvalue weighted by molar-refractivity contribution is 5.78. The second-order valence-electron chi connectivity index (χ2n) is 18.4. The van der Waals surface area contributed by atoms with Crippen LogP contribution < -0.4 is 0 Å². The number of aryl methyl sites for hydroxylation is 2. The second kappa shape index (κ2) is 16.4. The van der Waals surface area contributed by atoms with Crippen molar-refractivity contribution < 1.29 is 28.9 Å². The molecule has 12 heteroatoms. The van der Waals surface area contributed by atoms with Crippen molar-refractivity contribution in [2.24, 2.45) is 0 Å². The molecule has 0 unspecified atom stereocenters. The van der Waals surface area contributed by atoms with Gasteiger partial charge in [0.05, 0.1) is 64.6 Å². The van der Waals surface area contributed by atoms with Crippen molar-refractivity contribution in [3.8, 4) is 0 Å². The summed E-state index contributed by atoms with van der Waals surface area (Å²) in [5.74, 6) is 1.34. The fraction of sp³-hybridized carbons (Fsp3) is 0.417. The molecule has 12 nitrogen and oxygen atoms in total. The molecule has 2 amide bonds. The van der Waals surface area contributed by atoms with Crippen LogP contribution in [-0.4, -0.2) is 83.5 Å². The molecule has 314 valence electrons. The topological polar surface area (TPSA) is 146 Å². The number of likely N-dealkylation sites (tertiary alicyclic amines) is 2. The average molecular weight is 813 g/mol. The first-order valence-corrected chi connectivity index (χ1v) is 21.0. The average Bonchev–Trinajstić information content (AvgIpc) is 3.99. The maximum atomic E-state index is 13.5. The zero-order valence-electron chi connectivity index (χ0n) is 35.4. The lowest BCUT2D eigenvalue weighted by Crippen LogP contribution is -2.46. The second-order valence-corrected chi connectivity index (χ2v) is 18.4. The summed E-state index contributed by atoms with van der Waals surface area (Å²) in [5.41, 5.74) is 5.91. The van der Waals surface area contributed by atoms with Gasteiger partial charge in [0.15, 0.2) is 0 Å². The number of ether oxygens (including phenoxy) is 3. The van der Waals surface area contributed by atoms with Crippen LogP contribution in [-0.2, 0) is 45.6 Å². The smallest absolute Gasteiger partial charge is 0.410 e. The van der Waals surface area contributed by atoms with E-state index in [2.05, 4.69) is 34.2 Å². The highest BCUT2D eigenvalue weighted by atomic mass is 16.6. The van der Waals surface area contributed by atoms with E-state index in [1.165, 1.54) is 4.90 Å². The number of carboxylic acid groups (broad SMARTS) is 1. The number of carbonyl (C=O) groups is 2. The standard InChI is InChI=1S/C48H56N6O6/c1-46(2,3)59-35-25-41(53(28-35)45(57)58-30-34-15-11-8-12-16-34)42-49-37-21-19-31(23-39(37)50-42)17-18-32-20-22-38-40(24-32)52-43(51-38)48(26-33-13-9-7-10-14-33)27-36(60-47(4,5)6)29-54(48)44(55)56/h7-16,19-24,35-36,41H,17-18,25-30H2,1-6H3,(H,49,50)(H,51,52)(H,55,56)/t35-,36-,41+,48+/m1/s1. The molecule has 8 rings (SSSR count). The Bertz CT molecular complexity index is 2450. The minimum Gasteiger partial charge on any atom is -0.465 e. The van der Waals surface area contributed by atoms with Crippen LogP contribution in [0.5, 0.6) is 0 Å². The van der Waals surface area contributed by atoms with Gasteiger partial charge in [-0.1, -0.05) is 72.8 Å². The Kier molecular flexibility index (Phi) is 11.2. The highest BCUT2D eigenvalue weighted by Crippen LogP contribution is 2.43. The summed E-state index contributed by atoms with van der Waals surface area (Å²) in [6, 6.07) is 31.9. The van der Waals surface area contributed by atoms with Crippen LogP contribution in [0, 0.1) is 0 Å². The van der Waals surface area contributed by atoms with Crippen LogP contribution in [0.1, 0.15) is 94.3 Å². The lowest BCUT2D eigenvalue weighted by Gasteiger charge is -2.35. The molecule has 2 saturated heterocycles. The van der Waals surface area contributed by atoms with Crippen molar-refractivity contribution >= 4 is 34.3 Å². The van der Waals surface area contributed by atoms with Gasteiger partial charge in [-0.3, -0.25) is 9.80 Å². The highest BCUT2D eigenvalue weighted by Gasteiger charge is 2.52. The van der Waals surface area contributed by atoms with Crippen LogP contribution in [0.3, 0.4) is 0 Å². The number of imidazole rings is 2. The molecular weight excluding hydrogens is 757 g/mol. The van der Waals surface area contributed by atoms with Gasteiger partial charge in [-0.25, -0.2) is 19.6 Å². The number of hydrogen-bond acceptors (Lipinski definition) is 7. The van der Waals surface area contributed by atoms with Crippen molar-refractivity contribution in [2.45, 2.75) is 115 Å². The number of aromatic amines is 2. The lowest BCUT2D eigenvalue weighted by atomic mass is 9.86. The van der Waals surface area contributed by atoms with Crippen LogP contribution in [0.2, 0.25) is 0 Å². The zero-order valence-corrected chi connectivity index (χ0v) is 35.4. The van der Waals surface area contributed by atoms with E-state index in [4.69, 9.17) is 24.2 Å².